The van der Waals surface area contributed by atoms with Gasteiger partial charge in [-0.25, -0.2) is 0 Å². The molecule has 0 aromatic carbocycles. The van der Waals surface area contributed by atoms with Crippen LogP contribution in [-0.4, -0.2) is 50.7 Å². The highest BCUT2D eigenvalue weighted by molar-refractivity contribution is 5.00. The van der Waals surface area contributed by atoms with Crippen molar-refractivity contribution >= 4 is 0 Å². The Morgan fingerprint density at radius 3 is 3.00 bits per heavy atom. The van der Waals surface area contributed by atoms with Gasteiger partial charge in [-0.05, 0) is 25.3 Å². The van der Waals surface area contributed by atoms with E-state index in [0.717, 1.165) is 38.0 Å². The molecule has 4 rings (SSSR count). The molecule has 1 aliphatic carbocycles. The Morgan fingerprint density at radius 1 is 1.32 bits per heavy atom. The molecule has 1 aliphatic heterocycles. The van der Waals surface area contributed by atoms with Crippen LogP contribution in [0, 0.1) is 6.92 Å². The quantitative estimate of drug-likeness (QED) is 0.830. The zero-order valence-corrected chi connectivity index (χ0v) is 12.8. The molecule has 0 spiro atoms. The molecule has 2 fully saturated rings. The van der Waals surface area contributed by atoms with Crippen molar-refractivity contribution in [2.24, 2.45) is 0 Å². The Balaban J connectivity index is 1.33. The second kappa shape index (κ2) is 5.81. The summed E-state index contributed by atoms with van der Waals surface area (Å²) >= 11 is 0. The van der Waals surface area contributed by atoms with E-state index in [-0.39, 0.29) is 6.10 Å². The van der Waals surface area contributed by atoms with Crippen LogP contribution in [0.15, 0.2) is 16.8 Å². The number of aryl methyl sites for hydroxylation is 1. The van der Waals surface area contributed by atoms with E-state index in [2.05, 4.69) is 20.2 Å². The lowest BCUT2D eigenvalue weighted by atomic mass is 10.2. The molecule has 2 aromatic heterocycles. The summed E-state index contributed by atoms with van der Waals surface area (Å²) < 4.78 is 13.5. The third-order valence-electron chi connectivity index (χ3n) is 4.14. The summed E-state index contributed by atoms with van der Waals surface area (Å²) in [5.74, 6) is 2.05. The van der Waals surface area contributed by atoms with Crippen LogP contribution in [-0.2, 0) is 17.8 Å². The van der Waals surface area contributed by atoms with Crippen molar-refractivity contribution in [1.29, 1.82) is 0 Å². The summed E-state index contributed by atoms with van der Waals surface area (Å²) in [6.07, 6.45) is 6.44. The van der Waals surface area contributed by atoms with E-state index in [4.69, 9.17) is 9.15 Å². The molecular weight excluding hydrogens is 282 g/mol. The molecule has 7 heteroatoms. The maximum Gasteiger partial charge on any atom is 0.230 e. The fraction of sp³-hybridized carbons (Fsp3) is 0.667. The number of hydrogen-bond acceptors (Lipinski definition) is 6. The molecular formula is C15H21N5O2. The molecule has 0 unspecified atom stereocenters. The zero-order valence-electron chi connectivity index (χ0n) is 12.8. The van der Waals surface area contributed by atoms with Crippen LogP contribution < -0.4 is 0 Å². The molecule has 22 heavy (non-hydrogen) atoms. The number of rotatable bonds is 5. The van der Waals surface area contributed by atoms with Gasteiger partial charge in [0.2, 0.25) is 11.8 Å². The van der Waals surface area contributed by atoms with E-state index in [9.17, 15) is 0 Å². The van der Waals surface area contributed by atoms with Crippen molar-refractivity contribution in [2.45, 2.75) is 44.9 Å². The molecule has 2 aromatic rings. The van der Waals surface area contributed by atoms with Crippen LogP contribution >= 0.6 is 0 Å². The first kappa shape index (κ1) is 13.9. The van der Waals surface area contributed by atoms with Gasteiger partial charge in [0.1, 0.15) is 0 Å². The van der Waals surface area contributed by atoms with Crippen molar-refractivity contribution in [1.82, 2.24) is 24.9 Å². The van der Waals surface area contributed by atoms with Gasteiger partial charge in [0.15, 0.2) is 0 Å². The first-order valence-electron chi connectivity index (χ1n) is 7.91. The molecule has 0 amide bonds. The zero-order chi connectivity index (χ0) is 14.9. The summed E-state index contributed by atoms with van der Waals surface area (Å²) in [5, 5.41) is 12.6. The molecule has 1 saturated heterocycles. The maximum atomic E-state index is 5.84. The van der Waals surface area contributed by atoms with Gasteiger partial charge in [-0.15, -0.1) is 10.2 Å². The minimum atomic E-state index is 0.152. The average Bonchev–Trinajstić information content (AvgIpc) is 3.13. The molecule has 2 aliphatic rings. The molecule has 1 atom stereocenters. The first-order chi connectivity index (χ1) is 10.8. The van der Waals surface area contributed by atoms with Gasteiger partial charge >= 0.3 is 0 Å². The van der Waals surface area contributed by atoms with Crippen molar-refractivity contribution in [3.8, 4) is 0 Å². The molecule has 0 N–H and O–H groups in total. The topological polar surface area (TPSA) is 69.2 Å². The van der Waals surface area contributed by atoms with Crippen molar-refractivity contribution in [3.63, 3.8) is 0 Å². The van der Waals surface area contributed by atoms with E-state index in [1.54, 1.807) is 0 Å². The summed E-state index contributed by atoms with van der Waals surface area (Å²) in [7, 11) is 0. The van der Waals surface area contributed by atoms with Gasteiger partial charge in [0.05, 0.1) is 32.0 Å². The van der Waals surface area contributed by atoms with E-state index >= 15 is 0 Å². The van der Waals surface area contributed by atoms with E-state index in [0.29, 0.717) is 12.5 Å². The molecule has 1 saturated carbocycles. The fourth-order valence-electron chi connectivity index (χ4n) is 2.83. The lowest BCUT2D eigenvalue weighted by Crippen LogP contribution is -2.43. The number of ether oxygens (including phenoxy) is 1. The summed E-state index contributed by atoms with van der Waals surface area (Å²) in [5.41, 5.74) is 1.17. The lowest BCUT2D eigenvalue weighted by molar-refractivity contribution is -0.0423. The van der Waals surface area contributed by atoms with Crippen molar-refractivity contribution < 1.29 is 9.15 Å². The second-order valence-corrected chi connectivity index (χ2v) is 6.28. The highest BCUT2D eigenvalue weighted by Gasteiger charge is 2.30. The van der Waals surface area contributed by atoms with E-state index in [1.807, 2.05) is 24.0 Å². The predicted octanol–water partition coefficient (Wildman–Crippen LogP) is 1.35. The van der Waals surface area contributed by atoms with Crippen molar-refractivity contribution in [3.05, 3.63) is 29.7 Å². The highest BCUT2D eigenvalue weighted by atomic mass is 16.5. The number of hydrogen-bond donors (Lipinski definition) is 0. The number of nitrogens with zero attached hydrogens (tertiary/aromatic N) is 5. The molecule has 0 bridgehead atoms. The average molecular weight is 303 g/mol. The number of aromatic nitrogens is 4. The molecule has 0 radical (unpaired) electrons. The van der Waals surface area contributed by atoms with E-state index in [1.165, 1.54) is 18.4 Å². The third kappa shape index (κ3) is 3.20. The Morgan fingerprint density at radius 2 is 2.23 bits per heavy atom. The third-order valence-corrected chi connectivity index (χ3v) is 4.14. The van der Waals surface area contributed by atoms with Crippen LogP contribution in [0.5, 0.6) is 0 Å². The molecule has 118 valence electrons. The van der Waals surface area contributed by atoms with Crippen LogP contribution in [0.1, 0.15) is 36.1 Å². The van der Waals surface area contributed by atoms with Crippen LogP contribution in [0.25, 0.3) is 0 Å². The predicted molar refractivity (Wildman–Crippen MR) is 78.3 cm³/mol. The maximum absolute atomic E-state index is 5.84. The minimum Gasteiger partial charge on any atom is -0.424 e. The van der Waals surface area contributed by atoms with Crippen molar-refractivity contribution in [2.75, 3.05) is 19.7 Å². The van der Waals surface area contributed by atoms with Gasteiger partial charge in [-0.2, -0.15) is 5.10 Å². The highest BCUT2D eigenvalue weighted by Crippen LogP contribution is 2.39. The van der Waals surface area contributed by atoms with Gasteiger partial charge in [0.25, 0.3) is 0 Å². The Kier molecular flexibility index (Phi) is 3.67. The van der Waals surface area contributed by atoms with Gasteiger partial charge in [-0.1, -0.05) is 0 Å². The lowest BCUT2D eigenvalue weighted by Gasteiger charge is -2.31. The largest absolute Gasteiger partial charge is 0.424 e. The number of morpholine rings is 1. The monoisotopic (exact) mass is 303 g/mol. The Hall–Kier alpha value is -1.73. The smallest absolute Gasteiger partial charge is 0.230 e. The van der Waals surface area contributed by atoms with E-state index < -0.39 is 0 Å². The summed E-state index contributed by atoms with van der Waals surface area (Å²) in [4.78, 5) is 2.31. The molecule has 3 heterocycles. The van der Waals surface area contributed by atoms with Gasteiger partial charge < -0.3 is 9.15 Å². The van der Waals surface area contributed by atoms with Crippen LogP contribution in [0.2, 0.25) is 0 Å². The van der Waals surface area contributed by atoms with Gasteiger partial charge in [0, 0.05) is 25.2 Å². The molecule has 7 nitrogen and oxygen atoms in total. The Labute approximate surface area is 129 Å². The summed E-state index contributed by atoms with van der Waals surface area (Å²) in [6, 6.07) is 0. The normalized spacial score (nSPS) is 23.0. The second-order valence-electron chi connectivity index (χ2n) is 6.28. The summed E-state index contributed by atoms with van der Waals surface area (Å²) in [6.45, 7) is 6.02. The fourth-order valence-corrected chi connectivity index (χ4v) is 2.83. The first-order valence-corrected chi connectivity index (χ1v) is 7.91. The van der Waals surface area contributed by atoms with Crippen LogP contribution in [0.3, 0.4) is 0 Å². The Bertz CT molecular complexity index is 633. The SMILES string of the molecule is Cc1cnn(C[C@@H]2CN(Cc3nnc(C4CC4)o3)CCO2)c1. The minimum absolute atomic E-state index is 0.152. The van der Waals surface area contributed by atoms with Gasteiger partial charge in [-0.3, -0.25) is 9.58 Å². The standard InChI is InChI=1S/C15H21N5O2/c1-11-6-16-20(7-11)9-13-8-19(4-5-21-13)10-14-17-18-15(22-14)12-2-3-12/h6-7,12-13H,2-5,8-10H2,1H3/t13-/m0/s1. The van der Waals surface area contributed by atoms with Crippen LogP contribution in [0.4, 0.5) is 0 Å².